The normalized spacial score (nSPS) is 26.3. The number of benzene rings is 1. The molecule has 0 saturated heterocycles. The fourth-order valence-electron chi connectivity index (χ4n) is 3.85. The Morgan fingerprint density at radius 2 is 2.14 bits per heavy atom. The number of hydrogen-bond acceptors (Lipinski definition) is 3. The molecule has 21 heavy (non-hydrogen) atoms. The van der Waals surface area contributed by atoms with Gasteiger partial charge in [0.15, 0.2) is 5.58 Å². The zero-order valence-corrected chi connectivity index (χ0v) is 12.6. The van der Waals surface area contributed by atoms with Gasteiger partial charge in [-0.2, -0.15) is 0 Å². The zero-order valence-electron chi connectivity index (χ0n) is 12.6. The summed E-state index contributed by atoms with van der Waals surface area (Å²) in [5, 5.41) is 0. The van der Waals surface area contributed by atoms with Gasteiger partial charge in [-0.3, -0.25) is 4.57 Å². The van der Waals surface area contributed by atoms with Gasteiger partial charge in [-0.1, -0.05) is 31.9 Å². The van der Waals surface area contributed by atoms with Crippen molar-refractivity contribution < 1.29 is 4.42 Å². The molecular formula is C17H24N2O2. The van der Waals surface area contributed by atoms with E-state index < -0.39 is 0 Å². The van der Waals surface area contributed by atoms with Gasteiger partial charge in [-0.05, 0) is 49.8 Å². The summed E-state index contributed by atoms with van der Waals surface area (Å²) in [6.45, 7) is 2.86. The second-order valence-electron chi connectivity index (χ2n) is 6.24. The average Bonchev–Trinajstić information content (AvgIpc) is 2.83. The van der Waals surface area contributed by atoms with Crippen LogP contribution in [0.15, 0.2) is 33.5 Å². The molecule has 0 radical (unpaired) electrons. The van der Waals surface area contributed by atoms with Crippen LogP contribution in [0.1, 0.15) is 45.1 Å². The Bertz CT molecular complexity index is 658. The van der Waals surface area contributed by atoms with Gasteiger partial charge in [0.05, 0.1) is 5.52 Å². The van der Waals surface area contributed by atoms with Gasteiger partial charge in [0.1, 0.15) is 0 Å². The summed E-state index contributed by atoms with van der Waals surface area (Å²) < 4.78 is 7.26. The van der Waals surface area contributed by atoms with Crippen LogP contribution in [0.3, 0.4) is 0 Å². The topological polar surface area (TPSA) is 61.2 Å². The smallest absolute Gasteiger partial charge is 0.408 e. The van der Waals surface area contributed by atoms with Crippen molar-refractivity contribution in [2.24, 2.45) is 17.6 Å². The Morgan fingerprint density at radius 3 is 2.90 bits per heavy atom. The molecule has 2 aromatic rings. The lowest BCUT2D eigenvalue weighted by molar-refractivity contribution is 0.176. The van der Waals surface area contributed by atoms with E-state index in [-0.39, 0.29) is 11.8 Å². The molecule has 2 N–H and O–H groups in total. The first-order valence-electron chi connectivity index (χ1n) is 8.04. The number of oxazole rings is 1. The molecular weight excluding hydrogens is 264 g/mol. The zero-order chi connectivity index (χ0) is 14.8. The highest BCUT2D eigenvalue weighted by atomic mass is 16.4. The van der Waals surface area contributed by atoms with E-state index in [4.69, 9.17) is 10.2 Å². The maximum atomic E-state index is 12.3. The number of para-hydroxylation sites is 2. The third-order valence-corrected chi connectivity index (χ3v) is 4.91. The third kappa shape index (κ3) is 2.64. The highest BCUT2D eigenvalue weighted by Gasteiger charge is 2.32. The molecule has 3 atom stereocenters. The summed E-state index contributed by atoms with van der Waals surface area (Å²) in [4.78, 5) is 12.3. The van der Waals surface area contributed by atoms with Crippen LogP contribution in [0.2, 0.25) is 0 Å². The van der Waals surface area contributed by atoms with Crippen LogP contribution in [0.4, 0.5) is 0 Å². The standard InChI is InChI=1S/C17H24N2O2/c1-2-5-12-8-9-13(11-18)15(10-12)19-14-6-3-4-7-16(14)21-17(19)20/h3-4,6-7,12-13,15H,2,5,8-11,18H2,1H3. The molecule has 1 aromatic heterocycles. The van der Waals surface area contributed by atoms with Crippen LogP contribution in [0.5, 0.6) is 0 Å². The number of rotatable bonds is 4. The van der Waals surface area contributed by atoms with Crippen molar-refractivity contribution in [1.82, 2.24) is 4.57 Å². The van der Waals surface area contributed by atoms with Crippen molar-refractivity contribution in [3.05, 3.63) is 34.8 Å². The minimum Gasteiger partial charge on any atom is -0.408 e. The van der Waals surface area contributed by atoms with E-state index in [9.17, 15) is 4.79 Å². The molecule has 1 saturated carbocycles. The molecule has 1 aliphatic carbocycles. The van der Waals surface area contributed by atoms with Crippen molar-refractivity contribution >= 4 is 11.1 Å². The van der Waals surface area contributed by atoms with Crippen LogP contribution < -0.4 is 11.5 Å². The first-order chi connectivity index (χ1) is 10.2. The van der Waals surface area contributed by atoms with Gasteiger partial charge in [0, 0.05) is 6.04 Å². The van der Waals surface area contributed by atoms with E-state index in [2.05, 4.69) is 6.92 Å². The van der Waals surface area contributed by atoms with Crippen LogP contribution >= 0.6 is 0 Å². The lowest BCUT2D eigenvalue weighted by Crippen LogP contribution is -2.36. The molecule has 3 rings (SSSR count). The fourth-order valence-corrected chi connectivity index (χ4v) is 3.85. The molecule has 1 aromatic carbocycles. The summed E-state index contributed by atoms with van der Waals surface area (Å²) in [5.74, 6) is 0.831. The summed E-state index contributed by atoms with van der Waals surface area (Å²) in [7, 11) is 0. The first-order valence-corrected chi connectivity index (χ1v) is 8.04. The fraction of sp³-hybridized carbons (Fsp3) is 0.588. The Balaban J connectivity index is 2.01. The Morgan fingerprint density at radius 1 is 1.33 bits per heavy atom. The maximum Gasteiger partial charge on any atom is 0.420 e. The predicted octanol–water partition coefficient (Wildman–Crippen LogP) is 3.31. The number of fused-ring (bicyclic) bond motifs is 1. The molecule has 1 heterocycles. The summed E-state index contributed by atoms with van der Waals surface area (Å²) >= 11 is 0. The monoisotopic (exact) mass is 288 g/mol. The minimum absolute atomic E-state index is 0.177. The SMILES string of the molecule is CCCC1CCC(CN)C(n2c(=O)oc3ccccc32)C1. The van der Waals surface area contributed by atoms with Crippen LogP contribution in [-0.2, 0) is 0 Å². The molecule has 0 bridgehead atoms. The van der Waals surface area contributed by atoms with Crippen molar-refractivity contribution in [1.29, 1.82) is 0 Å². The van der Waals surface area contributed by atoms with E-state index in [0.29, 0.717) is 24.0 Å². The van der Waals surface area contributed by atoms with Crippen molar-refractivity contribution in [3.8, 4) is 0 Å². The summed E-state index contributed by atoms with van der Waals surface area (Å²) in [5.41, 5.74) is 7.55. The van der Waals surface area contributed by atoms with E-state index in [0.717, 1.165) is 18.4 Å². The summed E-state index contributed by atoms with van der Waals surface area (Å²) in [6.07, 6.45) is 5.82. The highest BCUT2D eigenvalue weighted by molar-refractivity contribution is 5.72. The Labute approximate surface area is 124 Å². The number of hydrogen-bond donors (Lipinski definition) is 1. The van der Waals surface area contributed by atoms with Crippen molar-refractivity contribution in [2.75, 3.05) is 6.54 Å². The molecule has 4 heteroatoms. The third-order valence-electron chi connectivity index (χ3n) is 4.91. The molecule has 0 amide bonds. The van der Waals surface area contributed by atoms with Gasteiger partial charge >= 0.3 is 5.76 Å². The molecule has 0 spiro atoms. The molecule has 114 valence electrons. The highest BCUT2D eigenvalue weighted by Crippen LogP contribution is 2.39. The van der Waals surface area contributed by atoms with E-state index in [1.807, 2.05) is 28.8 Å². The van der Waals surface area contributed by atoms with E-state index in [1.54, 1.807) is 0 Å². The molecule has 1 fully saturated rings. The maximum absolute atomic E-state index is 12.3. The first kappa shape index (κ1) is 14.4. The van der Waals surface area contributed by atoms with E-state index >= 15 is 0 Å². The minimum atomic E-state index is -0.239. The van der Waals surface area contributed by atoms with E-state index in [1.165, 1.54) is 19.3 Å². The Hall–Kier alpha value is -1.55. The average molecular weight is 288 g/mol. The van der Waals surface area contributed by atoms with Crippen molar-refractivity contribution in [2.45, 2.75) is 45.1 Å². The molecule has 3 unspecified atom stereocenters. The lowest BCUT2D eigenvalue weighted by Gasteiger charge is -2.36. The van der Waals surface area contributed by atoms with Gasteiger partial charge in [0.25, 0.3) is 0 Å². The quantitative estimate of drug-likeness (QED) is 0.939. The molecule has 0 aliphatic heterocycles. The number of nitrogens with two attached hydrogens (primary N) is 1. The number of nitrogens with zero attached hydrogens (tertiary/aromatic N) is 1. The predicted molar refractivity (Wildman–Crippen MR) is 84.3 cm³/mol. The largest absolute Gasteiger partial charge is 0.420 e. The molecule has 4 nitrogen and oxygen atoms in total. The van der Waals surface area contributed by atoms with Crippen molar-refractivity contribution in [3.63, 3.8) is 0 Å². The molecule has 1 aliphatic rings. The van der Waals surface area contributed by atoms with Gasteiger partial charge < -0.3 is 10.2 Å². The Kier molecular flexibility index (Phi) is 4.15. The summed E-state index contributed by atoms with van der Waals surface area (Å²) in [6, 6.07) is 7.86. The van der Waals surface area contributed by atoms with Crippen LogP contribution in [0.25, 0.3) is 11.1 Å². The van der Waals surface area contributed by atoms with Gasteiger partial charge in [0.2, 0.25) is 0 Å². The second kappa shape index (κ2) is 6.06. The second-order valence-corrected chi connectivity index (χ2v) is 6.24. The van der Waals surface area contributed by atoms with Gasteiger partial charge in [-0.25, -0.2) is 4.79 Å². The van der Waals surface area contributed by atoms with Gasteiger partial charge in [-0.15, -0.1) is 0 Å². The lowest BCUT2D eigenvalue weighted by atomic mass is 9.76. The van der Waals surface area contributed by atoms with Crippen LogP contribution in [-0.4, -0.2) is 11.1 Å². The number of aromatic nitrogens is 1. The van der Waals surface area contributed by atoms with Crippen LogP contribution in [0, 0.1) is 11.8 Å².